The molecule has 1 amide bonds. The minimum Gasteiger partial charge on any atom is -0.329 e. The molecule has 1 aliphatic rings. The number of aryl methyl sites for hydroxylation is 2. The minimum absolute atomic E-state index is 0.166. The second-order valence-corrected chi connectivity index (χ2v) is 4.96. The molecular formula is C14H21N3O. The molecule has 1 fully saturated rings. The van der Waals surface area contributed by atoms with E-state index in [1.807, 2.05) is 4.90 Å². The smallest absolute Gasteiger partial charge is 0.241 e. The van der Waals surface area contributed by atoms with Crippen LogP contribution in [0.4, 0.5) is 5.69 Å². The Morgan fingerprint density at radius 1 is 1.17 bits per heavy atom. The van der Waals surface area contributed by atoms with Gasteiger partial charge < -0.3 is 10.6 Å². The zero-order chi connectivity index (χ0) is 13.1. The number of hydrogen-bond acceptors (Lipinski definition) is 3. The molecule has 1 aromatic rings. The maximum atomic E-state index is 12.1. The number of carbonyl (C=O) groups is 1. The third kappa shape index (κ3) is 2.89. The number of piperazine rings is 1. The van der Waals surface area contributed by atoms with E-state index in [4.69, 9.17) is 5.73 Å². The van der Waals surface area contributed by atoms with Crippen LogP contribution >= 0.6 is 0 Å². The fraction of sp³-hybridized carbons (Fsp3) is 0.500. The highest BCUT2D eigenvalue weighted by atomic mass is 16.2. The molecule has 1 saturated heterocycles. The van der Waals surface area contributed by atoms with Crippen molar-refractivity contribution >= 4 is 11.6 Å². The molecule has 1 heterocycles. The van der Waals surface area contributed by atoms with Crippen molar-refractivity contribution in [2.75, 3.05) is 37.6 Å². The van der Waals surface area contributed by atoms with Gasteiger partial charge in [0.2, 0.25) is 5.91 Å². The number of nitrogens with zero attached hydrogens (tertiary/aromatic N) is 2. The van der Waals surface area contributed by atoms with Gasteiger partial charge in [0.1, 0.15) is 0 Å². The van der Waals surface area contributed by atoms with Crippen LogP contribution in [0.25, 0.3) is 0 Å². The molecular weight excluding hydrogens is 226 g/mol. The quantitative estimate of drug-likeness (QED) is 0.864. The lowest BCUT2D eigenvalue weighted by atomic mass is 10.1. The third-order valence-electron chi connectivity index (χ3n) is 3.26. The Hall–Kier alpha value is -1.39. The molecule has 0 aromatic heterocycles. The first-order valence-electron chi connectivity index (χ1n) is 6.41. The second kappa shape index (κ2) is 5.50. The average Bonchev–Trinajstić information content (AvgIpc) is 2.28. The molecule has 2 rings (SSSR count). The number of nitrogens with two attached hydrogens (primary N) is 1. The molecule has 4 heteroatoms. The van der Waals surface area contributed by atoms with Crippen LogP contribution in [0, 0.1) is 13.8 Å². The highest BCUT2D eigenvalue weighted by molar-refractivity contribution is 5.95. The summed E-state index contributed by atoms with van der Waals surface area (Å²) in [4.78, 5) is 16.1. The number of hydrogen-bond donors (Lipinski definition) is 1. The van der Waals surface area contributed by atoms with Gasteiger partial charge in [0.15, 0.2) is 0 Å². The van der Waals surface area contributed by atoms with Gasteiger partial charge in [-0.3, -0.25) is 9.69 Å². The van der Waals surface area contributed by atoms with Crippen LogP contribution in [0.3, 0.4) is 0 Å². The van der Waals surface area contributed by atoms with Gasteiger partial charge in [-0.2, -0.15) is 0 Å². The molecule has 2 N–H and O–H groups in total. The molecule has 4 nitrogen and oxygen atoms in total. The van der Waals surface area contributed by atoms with E-state index in [1.54, 1.807) is 0 Å². The van der Waals surface area contributed by atoms with E-state index in [2.05, 4.69) is 36.9 Å². The zero-order valence-corrected chi connectivity index (χ0v) is 11.1. The Morgan fingerprint density at radius 2 is 1.83 bits per heavy atom. The summed E-state index contributed by atoms with van der Waals surface area (Å²) in [6, 6.07) is 6.27. The van der Waals surface area contributed by atoms with Crippen molar-refractivity contribution in [2.45, 2.75) is 13.8 Å². The Kier molecular flexibility index (Phi) is 3.99. The summed E-state index contributed by atoms with van der Waals surface area (Å²) in [6.07, 6.45) is 0. The Labute approximate surface area is 108 Å². The summed E-state index contributed by atoms with van der Waals surface area (Å²) >= 11 is 0. The van der Waals surface area contributed by atoms with Crippen LogP contribution in [0.5, 0.6) is 0 Å². The maximum absolute atomic E-state index is 12.1. The summed E-state index contributed by atoms with van der Waals surface area (Å²) in [5.74, 6) is 0.166. The number of rotatable bonds is 3. The van der Waals surface area contributed by atoms with Crippen LogP contribution in [-0.4, -0.2) is 43.5 Å². The number of amides is 1. The predicted molar refractivity (Wildman–Crippen MR) is 73.8 cm³/mol. The lowest BCUT2D eigenvalue weighted by Crippen LogP contribution is -2.51. The van der Waals surface area contributed by atoms with E-state index >= 15 is 0 Å². The van der Waals surface area contributed by atoms with Crippen molar-refractivity contribution in [3.63, 3.8) is 0 Å². The van der Waals surface area contributed by atoms with E-state index in [1.165, 1.54) is 11.1 Å². The monoisotopic (exact) mass is 247 g/mol. The molecule has 0 radical (unpaired) electrons. The van der Waals surface area contributed by atoms with Gasteiger partial charge in [-0.25, -0.2) is 0 Å². The lowest BCUT2D eigenvalue weighted by Gasteiger charge is -2.34. The van der Waals surface area contributed by atoms with E-state index in [9.17, 15) is 4.79 Å². The fourth-order valence-electron chi connectivity index (χ4n) is 2.47. The van der Waals surface area contributed by atoms with E-state index in [-0.39, 0.29) is 5.91 Å². The maximum Gasteiger partial charge on any atom is 0.241 e. The number of carbonyl (C=O) groups excluding carboxylic acids is 1. The largest absolute Gasteiger partial charge is 0.329 e. The van der Waals surface area contributed by atoms with Crippen molar-refractivity contribution in [3.8, 4) is 0 Å². The molecule has 1 aromatic carbocycles. The normalized spacial score (nSPS) is 17.3. The minimum atomic E-state index is 0.166. The van der Waals surface area contributed by atoms with Gasteiger partial charge in [0, 0.05) is 31.9 Å². The summed E-state index contributed by atoms with van der Waals surface area (Å²) in [5, 5.41) is 0. The molecule has 0 spiro atoms. The number of anilines is 1. The van der Waals surface area contributed by atoms with Crippen molar-refractivity contribution in [3.05, 3.63) is 29.3 Å². The summed E-state index contributed by atoms with van der Waals surface area (Å²) < 4.78 is 0. The van der Waals surface area contributed by atoms with Crippen molar-refractivity contribution in [1.82, 2.24) is 4.90 Å². The molecule has 0 aliphatic carbocycles. The first-order valence-corrected chi connectivity index (χ1v) is 6.41. The third-order valence-corrected chi connectivity index (χ3v) is 3.26. The summed E-state index contributed by atoms with van der Waals surface area (Å²) in [7, 11) is 0. The van der Waals surface area contributed by atoms with E-state index in [0.717, 1.165) is 25.3 Å². The highest BCUT2D eigenvalue weighted by Crippen LogP contribution is 2.20. The number of benzene rings is 1. The van der Waals surface area contributed by atoms with Gasteiger partial charge in [0.25, 0.3) is 0 Å². The van der Waals surface area contributed by atoms with Crippen LogP contribution in [0.1, 0.15) is 11.1 Å². The molecule has 18 heavy (non-hydrogen) atoms. The average molecular weight is 247 g/mol. The van der Waals surface area contributed by atoms with Crippen LogP contribution < -0.4 is 10.6 Å². The highest BCUT2D eigenvalue weighted by Gasteiger charge is 2.24. The van der Waals surface area contributed by atoms with Crippen LogP contribution in [-0.2, 0) is 4.79 Å². The van der Waals surface area contributed by atoms with Crippen molar-refractivity contribution in [2.24, 2.45) is 5.73 Å². The molecule has 0 saturated carbocycles. The fourth-order valence-corrected chi connectivity index (χ4v) is 2.47. The SMILES string of the molecule is Cc1cc(C)cc(N2CCN(CCN)CC2=O)c1. The van der Waals surface area contributed by atoms with Gasteiger partial charge in [-0.15, -0.1) is 0 Å². The van der Waals surface area contributed by atoms with Gasteiger partial charge >= 0.3 is 0 Å². The van der Waals surface area contributed by atoms with Crippen LogP contribution in [0.15, 0.2) is 18.2 Å². The Morgan fingerprint density at radius 3 is 2.39 bits per heavy atom. The predicted octanol–water partition coefficient (Wildman–Crippen LogP) is 0.911. The van der Waals surface area contributed by atoms with Gasteiger partial charge in [-0.1, -0.05) is 6.07 Å². The first-order chi connectivity index (χ1) is 8.60. The molecule has 98 valence electrons. The van der Waals surface area contributed by atoms with Crippen molar-refractivity contribution < 1.29 is 4.79 Å². The first kappa shape index (κ1) is 13.1. The van der Waals surface area contributed by atoms with Crippen LogP contribution in [0.2, 0.25) is 0 Å². The second-order valence-electron chi connectivity index (χ2n) is 4.96. The topological polar surface area (TPSA) is 49.6 Å². The summed E-state index contributed by atoms with van der Waals surface area (Å²) in [5.41, 5.74) is 8.94. The van der Waals surface area contributed by atoms with Gasteiger partial charge in [-0.05, 0) is 37.1 Å². The Balaban J connectivity index is 2.13. The molecule has 0 atom stereocenters. The van der Waals surface area contributed by atoms with Crippen molar-refractivity contribution in [1.29, 1.82) is 0 Å². The Bertz CT molecular complexity index is 424. The van der Waals surface area contributed by atoms with Gasteiger partial charge in [0.05, 0.1) is 6.54 Å². The zero-order valence-electron chi connectivity index (χ0n) is 11.1. The molecule has 0 unspecified atom stereocenters. The van der Waals surface area contributed by atoms with E-state index < -0.39 is 0 Å². The molecule has 0 bridgehead atoms. The van der Waals surface area contributed by atoms with E-state index in [0.29, 0.717) is 13.1 Å². The lowest BCUT2D eigenvalue weighted by molar-refractivity contribution is -0.121. The standard InChI is InChI=1S/C14H21N3O/c1-11-7-12(2)9-13(8-11)17-6-5-16(4-3-15)10-14(17)18/h7-9H,3-6,10,15H2,1-2H3. The summed E-state index contributed by atoms with van der Waals surface area (Å²) in [6.45, 7) is 7.66. The molecule has 1 aliphatic heterocycles.